The van der Waals surface area contributed by atoms with Gasteiger partial charge in [-0.05, 0) is 42.0 Å². The standard InChI is InChI=1S/C28H30N4O3/c1-34-17-16-30-12-14-31(15-13-30)24-8-5-9-25(19-24)32-21-29-26-18-23(10-11-27(26)32)28(33)35-20-22-6-3-2-4-7-22/h2-11,18-19,21H,12-17,20H2,1H3. The second kappa shape index (κ2) is 10.7. The van der Waals surface area contributed by atoms with E-state index >= 15 is 0 Å². The van der Waals surface area contributed by atoms with Crippen LogP contribution >= 0.6 is 0 Å². The third kappa shape index (κ3) is 5.37. The van der Waals surface area contributed by atoms with Crippen LogP contribution in [-0.4, -0.2) is 66.9 Å². The summed E-state index contributed by atoms with van der Waals surface area (Å²) in [6, 6.07) is 23.7. The topological polar surface area (TPSA) is 59.8 Å². The summed E-state index contributed by atoms with van der Waals surface area (Å²) < 4.78 is 12.7. The maximum absolute atomic E-state index is 12.6. The van der Waals surface area contributed by atoms with Gasteiger partial charge in [0.25, 0.3) is 0 Å². The number of carbonyl (C=O) groups excluding carboxylic acids is 1. The highest BCUT2D eigenvalue weighted by Crippen LogP contribution is 2.24. The van der Waals surface area contributed by atoms with Crippen LogP contribution in [0.2, 0.25) is 0 Å². The second-order valence-corrected chi connectivity index (χ2v) is 8.72. The summed E-state index contributed by atoms with van der Waals surface area (Å²) >= 11 is 0. The minimum Gasteiger partial charge on any atom is -0.457 e. The van der Waals surface area contributed by atoms with Crippen LogP contribution in [0.4, 0.5) is 5.69 Å². The third-order valence-corrected chi connectivity index (χ3v) is 6.45. The van der Waals surface area contributed by atoms with Crippen molar-refractivity contribution in [1.29, 1.82) is 0 Å². The van der Waals surface area contributed by atoms with Gasteiger partial charge < -0.3 is 14.4 Å². The molecular formula is C28H30N4O3. The van der Waals surface area contributed by atoms with Crippen LogP contribution in [0.25, 0.3) is 16.7 Å². The number of aromatic nitrogens is 2. The number of piperazine rings is 1. The Kier molecular flexibility index (Phi) is 7.07. The maximum Gasteiger partial charge on any atom is 0.338 e. The van der Waals surface area contributed by atoms with E-state index in [0.717, 1.165) is 61.6 Å². The molecule has 4 aromatic rings. The van der Waals surface area contributed by atoms with Crippen molar-refractivity contribution >= 4 is 22.7 Å². The Bertz CT molecular complexity index is 1280. The largest absolute Gasteiger partial charge is 0.457 e. The summed E-state index contributed by atoms with van der Waals surface area (Å²) in [5.74, 6) is -0.350. The number of imidazole rings is 1. The molecule has 1 aliphatic rings. The Balaban J connectivity index is 1.29. The van der Waals surface area contributed by atoms with Gasteiger partial charge in [-0.25, -0.2) is 9.78 Å². The lowest BCUT2D eigenvalue weighted by atomic mass is 10.2. The van der Waals surface area contributed by atoms with Crippen LogP contribution in [0.15, 0.2) is 79.1 Å². The van der Waals surface area contributed by atoms with E-state index in [-0.39, 0.29) is 12.6 Å². The van der Waals surface area contributed by atoms with E-state index in [4.69, 9.17) is 9.47 Å². The molecule has 0 bridgehead atoms. The minimum atomic E-state index is -0.350. The van der Waals surface area contributed by atoms with Gasteiger partial charge in [0.15, 0.2) is 0 Å². The molecular weight excluding hydrogens is 440 g/mol. The number of hydrogen-bond acceptors (Lipinski definition) is 6. The summed E-state index contributed by atoms with van der Waals surface area (Å²) in [5, 5.41) is 0. The van der Waals surface area contributed by atoms with E-state index in [1.165, 1.54) is 5.69 Å². The molecule has 0 spiro atoms. The Morgan fingerprint density at radius 3 is 2.51 bits per heavy atom. The molecule has 0 radical (unpaired) electrons. The molecule has 35 heavy (non-hydrogen) atoms. The number of esters is 1. The summed E-state index contributed by atoms with van der Waals surface area (Å²) in [7, 11) is 1.75. The van der Waals surface area contributed by atoms with E-state index in [1.807, 2.05) is 42.7 Å². The molecule has 1 aliphatic heterocycles. The van der Waals surface area contributed by atoms with Crippen LogP contribution in [0, 0.1) is 0 Å². The summed E-state index contributed by atoms with van der Waals surface area (Å²) in [4.78, 5) is 22.0. The molecule has 7 nitrogen and oxygen atoms in total. The van der Waals surface area contributed by atoms with Gasteiger partial charge in [0, 0.05) is 51.2 Å². The van der Waals surface area contributed by atoms with Crippen molar-refractivity contribution in [3.63, 3.8) is 0 Å². The van der Waals surface area contributed by atoms with E-state index in [2.05, 4.69) is 43.6 Å². The zero-order valence-corrected chi connectivity index (χ0v) is 20.0. The lowest BCUT2D eigenvalue weighted by Gasteiger charge is -2.36. The fourth-order valence-electron chi connectivity index (χ4n) is 4.44. The molecule has 1 aromatic heterocycles. The number of nitrogens with zero attached hydrogens (tertiary/aromatic N) is 4. The highest BCUT2D eigenvalue weighted by molar-refractivity contribution is 5.94. The molecule has 0 amide bonds. The molecule has 1 saturated heterocycles. The van der Waals surface area contributed by atoms with E-state index in [9.17, 15) is 4.79 Å². The normalized spacial score (nSPS) is 14.4. The molecule has 0 N–H and O–H groups in total. The highest BCUT2D eigenvalue weighted by atomic mass is 16.5. The van der Waals surface area contributed by atoms with Crippen molar-refractivity contribution in [1.82, 2.24) is 14.5 Å². The van der Waals surface area contributed by atoms with Crippen molar-refractivity contribution < 1.29 is 14.3 Å². The molecule has 0 atom stereocenters. The second-order valence-electron chi connectivity index (χ2n) is 8.72. The Morgan fingerprint density at radius 2 is 1.71 bits per heavy atom. The number of hydrogen-bond donors (Lipinski definition) is 0. The predicted octanol–water partition coefficient (Wildman–Crippen LogP) is 4.15. The molecule has 0 saturated carbocycles. The minimum absolute atomic E-state index is 0.250. The van der Waals surface area contributed by atoms with Crippen molar-refractivity contribution in [3.05, 3.63) is 90.3 Å². The zero-order chi connectivity index (χ0) is 24.0. The molecule has 0 unspecified atom stereocenters. The van der Waals surface area contributed by atoms with Crippen molar-refractivity contribution in [2.24, 2.45) is 0 Å². The SMILES string of the molecule is COCCN1CCN(c2cccc(-n3cnc4cc(C(=O)OCc5ccccc5)ccc43)c2)CC1. The zero-order valence-electron chi connectivity index (χ0n) is 20.0. The number of benzene rings is 3. The number of rotatable bonds is 8. The van der Waals surface area contributed by atoms with Crippen LogP contribution in [-0.2, 0) is 16.1 Å². The molecule has 3 aromatic carbocycles. The first kappa shape index (κ1) is 23.1. The first-order valence-electron chi connectivity index (χ1n) is 12.0. The monoisotopic (exact) mass is 470 g/mol. The quantitative estimate of drug-likeness (QED) is 0.361. The van der Waals surface area contributed by atoms with Gasteiger partial charge in [0.05, 0.1) is 23.2 Å². The fraction of sp³-hybridized carbons (Fsp3) is 0.286. The molecule has 7 heteroatoms. The van der Waals surface area contributed by atoms with Crippen LogP contribution in [0.3, 0.4) is 0 Å². The smallest absolute Gasteiger partial charge is 0.338 e. The fourth-order valence-corrected chi connectivity index (χ4v) is 4.44. The molecule has 5 rings (SSSR count). The summed E-state index contributed by atoms with van der Waals surface area (Å²) in [5.41, 5.74) is 5.42. The Hall–Kier alpha value is -3.68. The molecule has 1 fully saturated rings. The number of ether oxygens (including phenoxy) is 2. The Labute approximate surface area is 205 Å². The van der Waals surface area contributed by atoms with Gasteiger partial charge in [-0.1, -0.05) is 36.4 Å². The average molecular weight is 471 g/mol. The highest BCUT2D eigenvalue weighted by Gasteiger charge is 2.18. The number of fused-ring (bicyclic) bond motifs is 1. The number of carbonyl (C=O) groups is 1. The number of methoxy groups -OCH3 is 1. The van der Waals surface area contributed by atoms with Crippen LogP contribution < -0.4 is 4.90 Å². The predicted molar refractivity (Wildman–Crippen MR) is 137 cm³/mol. The van der Waals surface area contributed by atoms with Crippen molar-refractivity contribution in [3.8, 4) is 5.69 Å². The van der Waals surface area contributed by atoms with Crippen molar-refractivity contribution in [2.45, 2.75) is 6.61 Å². The lowest BCUT2D eigenvalue weighted by Crippen LogP contribution is -2.47. The first-order valence-corrected chi connectivity index (χ1v) is 12.0. The maximum atomic E-state index is 12.6. The van der Waals surface area contributed by atoms with Gasteiger partial charge in [-0.3, -0.25) is 9.47 Å². The first-order chi connectivity index (χ1) is 17.2. The van der Waals surface area contributed by atoms with Gasteiger partial charge in [0.1, 0.15) is 12.9 Å². The van der Waals surface area contributed by atoms with Gasteiger partial charge in [0.2, 0.25) is 0 Å². The molecule has 2 heterocycles. The lowest BCUT2D eigenvalue weighted by molar-refractivity contribution is 0.0473. The Morgan fingerprint density at radius 1 is 0.914 bits per heavy atom. The van der Waals surface area contributed by atoms with E-state index in [1.54, 1.807) is 19.2 Å². The molecule has 180 valence electrons. The van der Waals surface area contributed by atoms with Crippen molar-refractivity contribution in [2.75, 3.05) is 51.3 Å². The van der Waals surface area contributed by atoms with Crippen LogP contribution in [0.1, 0.15) is 15.9 Å². The summed E-state index contributed by atoms with van der Waals surface area (Å²) in [6.45, 7) is 6.05. The average Bonchev–Trinajstić information content (AvgIpc) is 3.35. The van der Waals surface area contributed by atoms with Gasteiger partial charge in [-0.15, -0.1) is 0 Å². The van der Waals surface area contributed by atoms with Gasteiger partial charge in [-0.2, -0.15) is 0 Å². The third-order valence-electron chi connectivity index (χ3n) is 6.45. The van der Waals surface area contributed by atoms with E-state index in [0.29, 0.717) is 5.56 Å². The van der Waals surface area contributed by atoms with Crippen LogP contribution in [0.5, 0.6) is 0 Å². The van der Waals surface area contributed by atoms with E-state index < -0.39 is 0 Å². The summed E-state index contributed by atoms with van der Waals surface area (Å²) in [6.07, 6.45) is 1.81. The molecule has 0 aliphatic carbocycles. The number of anilines is 1. The van der Waals surface area contributed by atoms with Gasteiger partial charge >= 0.3 is 5.97 Å².